The van der Waals surface area contributed by atoms with E-state index in [4.69, 9.17) is 5.11 Å². The van der Waals surface area contributed by atoms with E-state index in [1.807, 2.05) is 31.6 Å². The Bertz CT molecular complexity index is 893. The molecule has 0 aliphatic rings. The number of anilines is 1. The topological polar surface area (TPSA) is 82.5 Å². The summed E-state index contributed by atoms with van der Waals surface area (Å²) < 4.78 is 0. The lowest BCUT2D eigenvalue weighted by molar-refractivity contribution is -0.135. The van der Waals surface area contributed by atoms with Crippen molar-refractivity contribution < 1.29 is 9.90 Å². The molecule has 26 heavy (non-hydrogen) atoms. The molecular weight excluding hydrogens is 330 g/mol. The highest BCUT2D eigenvalue weighted by atomic mass is 16.4. The number of aliphatic carboxylic acids is 1. The number of carboxylic acids is 1. The SMILES string of the molecule is CN(Cc1cnc(N(C)CC(=O)O)nc1)Cc1cccc2cnccc12. The molecule has 0 saturated carbocycles. The smallest absolute Gasteiger partial charge is 0.323 e. The Hall–Kier alpha value is -3.06. The highest BCUT2D eigenvalue weighted by molar-refractivity contribution is 5.84. The standard InChI is InChI=1S/C19H21N5O2/c1-23(12-16-5-3-4-15-10-20-7-6-17(15)16)11-14-8-21-19(22-9-14)24(2)13-18(25)26/h3-10H,11-13H2,1-2H3,(H,25,26). The maximum atomic E-state index is 10.8. The van der Waals surface area contributed by atoms with Crippen LogP contribution in [0.5, 0.6) is 0 Å². The zero-order valence-corrected chi connectivity index (χ0v) is 14.8. The van der Waals surface area contributed by atoms with Gasteiger partial charge in [-0.25, -0.2) is 9.97 Å². The molecule has 0 atom stereocenters. The van der Waals surface area contributed by atoms with Crippen LogP contribution in [0.3, 0.4) is 0 Å². The zero-order valence-electron chi connectivity index (χ0n) is 14.8. The molecule has 3 aromatic rings. The third-order valence-corrected chi connectivity index (χ3v) is 4.07. The maximum absolute atomic E-state index is 10.8. The van der Waals surface area contributed by atoms with Gasteiger partial charge in [0.05, 0.1) is 0 Å². The van der Waals surface area contributed by atoms with Crippen molar-refractivity contribution in [3.05, 3.63) is 60.2 Å². The van der Waals surface area contributed by atoms with E-state index in [9.17, 15) is 4.79 Å². The van der Waals surface area contributed by atoms with E-state index >= 15 is 0 Å². The molecule has 134 valence electrons. The summed E-state index contributed by atoms with van der Waals surface area (Å²) in [6, 6.07) is 8.27. The second kappa shape index (κ2) is 7.88. The van der Waals surface area contributed by atoms with Gasteiger partial charge in [-0.2, -0.15) is 0 Å². The number of hydrogen-bond donors (Lipinski definition) is 1. The predicted molar refractivity (Wildman–Crippen MR) is 99.9 cm³/mol. The highest BCUT2D eigenvalue weighted by Gasteiger charge is 2.10. The van der Waals surface area contributed by atoms with Crippen LogP contribution in [-0.2, 0) is 17.9 Å². The van der Waals surface area contributed by atoms with Crippen molar-refractivity contribution in [2.75, 3.05) is 25.5 Å². The van der Waals surface area contributed by atoms with Crippen LogP contribution in [0.25, 0.3) is 10.8 Å². The lowest BCUT2D eigenvalue weighted by Crippen LogP contribution is -2.27. The number of carbonyl (C=O) groups is 1. The largest absolute Gasteiger partial charge is 0.480 e. The van der Waals surface area contributed by atoms with E-state index in [1.54, 1.807) is 19.4 Å². The summed E-state index contributed by atoms with van der Waals surface area (Å²) in [5, 5.41) is 11.2. The third kappa shape index (κ3) is 4.31. The van der Waals surface area contributed by atoms with E-state index in [2.05, 4.69) is 32.0 Å². The molecule has 1 N–H and O–H groups in total. The average Bonchev–Trinajstić information content (AvgIpc) is 2.62. The van der Waals surface area contributed by atoms with Gasteiger partial charge >= 0.3 is 5.97 Å². The van der Waals surface area contributed by atoms with E-state index in [-0.39, 0.29) is 6.54 Å². The fourth-order valence-corrected chi connectivity index (χ4v) is 2.89. The second-order valence-electron chi connectivity index (χ2n) is 6.33. The molecule has 0 saturated heterocycles. The molecule has 2 aromatic heterocycles. The second-order valence-corrected chi connectivity index (χ2v) is 6.33. The van der Waals surface area contributed by atoms with Crippen molar-refractivity contribution in [2.24, 2.45) is 0 Å². The number of rotatable bonds is 7. The normalized spacial score (nSPS) is 11.0. The first-order chi connectivity index (χ1) is 12.5. The van der Waals surface area contributed by atoms with Gasteiger partial charge in [0.15, 0.2) is 0 Å². The molecule has 0 aliphatic carbocycles. The van der Waals surface area contributed by atoms with E-state index in [1.165, 1.54) is 15.8 Å². The summed E-state index contributed by atoms with van der Waals surface area (Å²) in [6.07, 6.45) is 7.17. The van der Waals surface area contributed by atoms with Gasteiger partial charge in [-0.1, -0.05) is 18.2 Å². The molecule has 2 heterocycles. The summed E-state index contributed by atoms with van der Waals surface area (Å²) in [6.45, 7) is 1.36. The van der Waals surface area contributed by atoms with Crippen molar-refractivity contribution in [3.8, 4) is 0 Å². The molecule has 7 nitrogen and oxygen atoms in total. The van der Waals surface area contributed by atoms with Crippen LogP contribution in [0.4, 0.5) is 5.95 Å². The van der Waals surface area contributed by atoms with Crippen molar-refractivity contribution in [1.82, 2.24) is 19.9 Å². The summed E-state index contributed by atoms with van der Waals surface area (Å²) in [5.41, 5.74) is 2.22. The first-order valence-corrected chi connectivity index (χ1v) is 8.27. The van der Waals surface area contributed by atoms with Gasteiger partial charge in [-0.3, -0.25) is 14.7 Å². The molecule has 0 bridgehead atoms. The Kier molecular flexibility index (Phi) is 5.38. The van der Waals surface area contributed by atoms with Gasteiger partial charge in [-0.15, -0.1) is 0 Å². The lowest BCUT2D eigenvalue weighted by Gasteiger charge is -2.18. The van der Waals surface area contributed by atoms with Crippen LogP contribution in [-0.4, -0.2) is 51.6 Å². The maximum Gasteiger partial charge on any atom is 0.323 e. The van der Waals surface area contributed by atoms with Gasteiger partial charge in [0.1, 0.15) is 6.54 Å². The lowest BCUT2D eigenvalue weighted by atomic mass is 10.1. The molecule has 0 unspecified atom stereocenters. The van der Waals surface area contributed by atoms with Crippen LogP contribution in [0.1, 0.15) is 11.1 Å². The Morgan fingerprint density at radius 2 is 1.85 bits per heavy atom. The third-order valence-electron chi connectivity index (χ3n) is 4.07. The van der Waals surface area contributed by atoms with Crippen LogP contribution >= 0.6 is 0 Å². The average molecular weight is 351 g/mol. The minimum absolute atomic E-state index is 0.130. The van der Waals surface area contributed by atoms with Crippen LogP contribution in [0.2, 0.25) is 0 Å². The Labute approximate surface area is 151 Å². The fourth-order valence-electron chi connectivity index (χ4n) is 2.89. The highest BCUT2D eigenvalue weighted by Crippen LogP contribution is 2.19. The number of hydrogen-bond acceptors (Lipinski definition) is 6. The van der Waals surface area contributed by atoms with Crippen LogP contribution in [0, 0.1) is 0 Å². The number of aromatic nitrogens is 3. The number of likely N-dealkylation sites (N-methyl/N-ethyl adjacent to an activating group) is 1. The molecule has 3 rings (SSSR count). The van der Waals surface area contributed by atoms with Crippen molar-refractivity contribution in [3.63, 3.8) is 0 Å². The number of nitrogens with zero attached hydrogens (tertiary/aromatic N) is 5. The number of benzene rings is 1. The zero-order chi connectivity index (χ0) is 18.5. The van der Waals surface area contributed by atoms with E-state index < -0.39 is 5.97 Å². The molecule has 7 heteroatoms. The first-order valence-electron chi connectivity index (χ1n) is 8.27. The van der Waals surface area contributed by atoms with Gasteiger partial charge in [0.2, 0.25) is 5.95 Å². The van der Waals surface area contributed by atoms with Crippen LogP contribution in [0.15, 0.2) is 49.1 Å². The molecule has 1 aromatic carbocycles. The number of fused-ring (bicyclic) bond motifs is 1. The quantitative estimate of drug-likeness (QED) is 0.698. The summed E-state index contributed by atoms with van der Waals surface area (Å²) in [4.78, 5) is 27.1. The Morgan fingerprint density at radius 3 is 2.58 bits per heavy atom. The van der Waals surface area contributed by atoms with Crippen molar-refractivity contribution in [2.45, 2.75) is 13.1 Å². The first kappa shape index (κ1) is 17.8. The van der Waals surface area contributed by atoms with E-state index in [0.29, 0.717) is 12.5 Å². The van der Waals surface area contributed by atoms with Crippen molar-refractivity contribution in [1.29, 1.82) is 0 Å². The Balaban J connectivity index is 1.66. The van der Waals surface area contributed by atoms with E-state index in [0.717, 1.165) is 17.5 Å². The van der Waals surface area contributed by atoms with Crippen LogP contribution < -0.4 is 4.90 Å². The number of pyridine rings is 1. The number of carboxylic acid groups (broad SMARTS) is 1. The van der Waals surface area contributed by atoms with Crippen molar-refractivity contribution >= 4 is 22.7 Å². The van der Waals surface area contributed by atoms with Gasteiger partial charge in [0.25, 0.3) is 0 Å². The summed E-state index contributed by atoms with van der Waals surface area (Å²) in [5.74, 6) is -0.509. The molecular formula is C19H21N5O2. The molecule has 0 aliphatic heterocycles. The van der Waals surface area contributed by atoms with Gasteiger partial charge in [0, 0.05) is 55.9 Å². The molecule has 0 amide bonds. The van der Waals surface area contributed by atoms with Gasteiger partial charge in [-0.05, 0) is 24.1 Å². The minimum Gasteiger partial charge on any atom is -0.480 e. The summed E-state index contributed by atoms with van der Waals surface area (Å²) >= 11 is 0. The Morgan fingerprint density at radius 1 is 1.08 bits per heavy atom. The minimum atomic E-state index is -0.912. The molecule has 0 radical (unpaired) electrons. The monoisotopic (exact) mass is 351 g/mol. The molecule has 0 spiro atoms. The summed E-state index contributed by atoms with van der Waals surface area (Å²) in [7, 11) is 3.70. The molecule has 0 fully saturated rings. The fraction of sp³-hybridized carbons (Fsp3) is 0.263. The van der Waals surface area contributed by atoms with Gasteiger partial charge < -0.3 is 10.0 Å². The predicted octanol–water partition coefficient (Wildman–Crippen LogP) is 2.18.